The predicted octanol–water partition coefficient (Wildman–Crippen LogP) is 4.65. The summed E-state index contributed by atoms with van der Waals surface area (Å²) in [5, 5.41) is 6.41. The van der Waals surface area contributed by atoms with Gasteiger partial charge in [0.2, 0.25) is 0 Å². The number of methoxy groups -OCH3 is 1. The standard InChI is InChI=1S/C23H19N3O4/c1-14-19(13-15-12-18(29-2)9-10-20(15)24-14)22(27)25-16-5-7-17(8-6-16)26-23(28)21-4-3-11-30-21/h3-13H,1-2H3,(H,25,27)(H,26,28). The van der Waals surface area contributed by atoms with Crippen LogP contribution in [0.3, 0.4) is 0 Å². The second-order valence-corrected chi connectivity index (χ2v) is 6.64. The Morgan fingerprint density at radius 2 is 1.63 bits per heavy atom. The van der Waals surface area contributed by atoms with E-state index in [4.69, 9.17) is 9.15 Å². The first-order chi connectivity index (χ1) is 14.5. The Hall–Kier alpha value is -4.13. The highest BCUT2D eigenvalue weighted by Crippen LogP contribution is 2.23. The number of pyridine rings is 1. The summed E-state index contributed by atoms with van der Waals surface area (Å²) in [6.45, 7) is 1.80. The van der Waals surface area contributed by atoms with Crippen LogP contribution in [0.15, 0.2) is 71.3 Å². The van der Waals surface area contributed by atoms with Crippen molar-refractivity contribution in [1.82, 2.24) is 4.98 Å². The van der Waals surface area contributed by atoms with Crippen LogP contribution in [0.5, 0.6) is 5.75 Å². The minimum atomic E-state index is -0.343. The zero-order chi connectivity index (χ0) is 21.1. The fourth-order valence-corrected chi connectivity index (χ4v) is 3.04. The van der Waals surface area contributed by atoms with Crippen LogP contribution in [0.25, 0.3) is 10.9 Å². The summed E-state index contributed by atoms with van der Waals surface area (Å²) in [6.07, 6.45) is 1.44. The van der Waals surface area contributed by atoms with Crippen LogP contribution in [-0.2, 0) is 0 Å². The fraction of sp³-hybridized carbons (Fsp3) is 0.0870. The SMILES string of the molecule is COc1ccc2nc(C)c(C(=O)Nc3ccc(NC(=O)c4ccco4)cc3)cc2c1. The molecule has 2 aromatic carbocycles. The predicted molar refractivity (Wildman–Crippen MR) is 114 cm³/mol. The van der Waals surface area contributed by atoms with Crippen molar-refractivity contribution in [3.8, 4) is 5.75 Å². The van der Waals surface area contributed by atoms with E-state index in [1.54, 1.807) is 56.5 Å². The first-order valence-corrected chi connectivity index (χ1v) is 9.25. The van der Waals surface area contributed by atoms with E-state index in [-0.39, 0.29) is 17.6 Å². The molecule has 2 heterocycles. The molecule has 0 spiro atoms. The molecule has 0 fully saturated rings. The monoisotopic (exact) mass is 401 g/mol. The van der Waals surface area contributed by atoms with Crippen molar-refractivity contribution >= 4 is 34.1 Å². The second-order valence-electron chi connectivity index (χ2n) is 6.64. The van der Waals surface area contributed by atoms with Gasteiger partial charge < -0.3 is 19.8 Å². The van der Waals surface area contributed by atoms with E-state index in [1.165, 1.54) is 6.26 Å². The highest BCUT2D eigenvalue weighted by atomic mass is 16.5. The Morgan fingerprint density at radius 3 is 2.27 bits per heavy atom. The minimum absolute atomic E-state index is 0.225. The number of hydrogen-bond donors (Lipinski definition) is 2. The lowest BCUT2D eigenvalue weighted by atomic mass is 10.1. The van der Waals surface area contributed by atoms with Crippen LogP contribution < -0.4 is 15.4 Å². The highest BCUT2D eigenvalue weighted by molar-refractivity contribution is 6.07. The van der Waals surface area contributed by atoms with Crippen molar-refractivity contribution in [1.29, 1.82) is 0 Å². The average Bonchev–Trinajstić information content (AvgIpc) is 3.29. The van der Waals surface area contributed by atoms with Crippen molar-refractivity contribution in [3.05, 3.63) is 83.9 Å². The number of carbonyl (C=O) groups excluding carboxylic acids is 2. The van der Waals surface area contributed by atoms with Gasteiger partial charge in [0, 0.05) is 16.8 Å². The third-order valence-electron chi connectivity index (χ3n) is 4.60. The Bertz CT molecular complexity index is 1220. The van der Waals surface area contributed by atoms with E-state index in [9.17, 15) is 9.59 Å². The number of rotatable bonds is 5. The Kier molecular flexibility index (Phi) is 5.17. The molecule has 2 aromatic heterocycles. The first kappa shape index (κ1) is 19.2. The molecule has 2 N–H and O–H groups in total. The fourth-order valence-electron chi connectivity index (χ4n) is 3.04. The van der Waals surface area contributed by atoms with Gasteiger partial charge in [-0.05, 0) is 67.6 Å². The number of furan rings is 1. The van der Waals surface area contributed by atoms with Gasteiger partial charge in [0.05, 0.1) is 30.1 Å². The zero-order valence-electron chi connectivity index (χ0n) is 16.4. The number of anilines is 2. The number of carbonyl (C=O) groups is 2. The Morgan fingerprint density at radius 1 is 0.933 bits per heavy atom. The molecule has 150 valence electrons. The lowest BCUT2D eigenvalue weighted by molar-refractivity contribution is 0.0994. The van der Waals surface area contributed by atoms with Crippen LogP contribution in [-0.4, -0.2) is 23.9 Å². The maximum atomic E-state index is 12.8. The molecule has 0 unspecified atom stereocenters. The molecule has 0 saturated heterocycles. The molecule has 0 saturated carbocycles. The number of nitrogens with zero attached hydrogens (tertiary/aromatic N) is 1. The normalized spacial score (nSPS) is 10.6. The topological polar surface area (TPSA) is 93.5 Å². The van der Waals surface area contributed by atoms with Gasteiger partial charge in [-0.3, -0.25) is 14.6 Å². The van der Waals surface area contributed by atoms with Crippen molar-refractivity contribution in [2.45, 2.75) is 6.92 Å². The number of aryl methyl sites for hydroxylation is 1. The summed E-state index contributed by atoms with van der Waals surface area (Å²) >= 11 is 0. The molecule has 4 rings (SSSR count). The molecular weight excluding hydrogens is 382 g/mol. The Balaban J connectivity index is 1.49. The van der Waals surface area contributed by atoms with Gasteiger partial charge in [0.25, 0.3) is 11.8 Å². The maximum Gasteiger partial charge on any atom is 0.291 e. The van der Waals surface area contributed by atoms with Crippen LogP contribution in [0.4, 0.5) is 11.4 Å². The number of aromatic nitrogens is 1. The van der Waals surface area contributed by atoms with E-state index in [0.29, 0.717) is 28.4 Å². The summed E-state index contributed by atoms with van der Waals surface area (Å²) in [4.78, 5) is 29.3. The average molecular weight is 401 g/mol. The van der Waals surface area contributed by atoms with E-state index in [1.807, 2.05) is 18.2 Å². The second kappa shape index (κ2) is 8.08. The van der Waals surface area contributed by atoms with E-state index in [0.717, 1.165) is 10.9 Å². The largest absolute Gasteiger partial charge is 0.497 e. The summed E-state index contributed by atoms with van der Waals surface area (Å²) in [5.74, 6) is 0.317. The molecule has 4 aromatic rings. The first-order valence-electron chi connectivity index (χ1n) is 9.25. The van der Waals surface area contributed by atoms with Gasteiger partial charge >= 0.3 is 0 Å². The third-order valence-corrected chi connectivity index (χ3v) is 4.60. The lowest BCUT2D eigenvalue weighted by Gasteiger charge is -2.10. The van der Waals surface area contributed by atoms with E-state index in [2.05, 4.69) is 15.6 Å². The molecule has 0 atom stereocenters. The molecule has 0 aliphatic heterocycles. The number of ether oxygens (including phenoxy) is 1. The number of nitrogens with one attached hydrogen (secondary N) is 2. The summed E-state index contributed by atoms with van der Waals surface area (Å²) in [6, 6.07) is 17.4. The quantitative estimate of drug-likeness (QED) is 0.508. The smallest absolute Gasteiger partial charge is 0.291 e. The van der Waals surface area contributed by atoms with Gasteiger partial charge in [0.15, 0.2) is 5.76 Å². The molecular formula is C23H19N3O4. The number of amides is 2. The molecule has 0 aliphatic carbocycles. The van der Waals surface area contributed by atoms with Gasteiger partial charge in [-0.25, -0.2) is 0 Å². The highest BCUT2D eigenvalue weighted by Gasteiger charge is 2.13. The Labute approximate surface area is 172 Å². The van der Waals surface area contributed by atoms with E-state index >= 15 is 0 Å². The maximum absolute atomic E-state index is 12.8. The van der Waals surface area contributed by atoms with Crippen molar-refractivity contribution in [3.63, 3.8) is 0 Å². The summed E-state index contributed by atoms with van der Waals surface area (Å²) < 4.78 is 10.3. The zero-order valence-corrected chi connectivity index (χ0v) is 16.4. The third kappa shape index (κ3) is 4.00. The van der Waals surface area contributed by atoms with E-state index < -0.39 is 0 Å². The number of benzene rings is 2. The van der Waals surface area contributed by atoms with Gasteiger partial charge in [0.1, 0.15) is 5.75 Å². The molecule has 0 aliphatic rings. The number of hydrogen-bond acceptors (Lipinski definition) is 5. The van der Waals surface area contributed by atoms with Crippen LogP contribution in [0, 0.1) is 6.92 Å². The molecule has 2 amide bonds. The van der Waals surface area contributed by atoms with Gasteiger partial charge in [-0.1, -0.05) is 0 Å². The minimum Gasteiger partial charge on any atom is -0.497 e. The molecule has 30 heavy (non-hydrogen) atoms. The van der Waals surface area contributed by atoms with Crippen LogP contribution >= 0.6 is 0 Å². The molecule has 7 nitrogen and oxygen atoms in total. The van der Waals surface area contributed by atoms with Gasteiger partial charge in [-0.15, -0.1) is 0 Å². The summed E-state index contributed by atoms with van der Waals surface area (Å²) in [5.41, 5.74) is 3.09. The van der Waals surface area contributed by atoms with Crippen molar-refractivity contribution in [2.75, 3.05) is 17.7 Å². The molecule has 0 radical (unpaired) electrons. The van der Waals surface area contributed by atoms with Crippen molar-refractivity contribution < 1.29 is 18.7 Å². The van der Waals surface area contributed by atoms with Crippen LogP contribution in [0.1, 0.15) is 26.6 Å². The molecule has 7 heteroatoms. The van der Waals surface area contributed by atoms with Crippen molar-refractivity contribution in [2.24, 2.45) is 0 Å². The van der Waals surface area contributed by atoms with Crippen LogP contribution in [0.2, 0.25) is 0 Å². The lowest BCUT2D eigenvalue weighted by Crippen LogP contribution is -2.14. The van der Waals surface area contributed by atoms with Gasteiger partial charge in [-0.2, -0.15) is 0 Å². The summed E-state index contributed by atoms with van der Waals surface area (Å²) in [7, 11) is 1.59. The molecule has 0 bridgehead atoms. The number of fused-ring (bicyclic) bond motifs is 1.